The highest BCUT2D eigenvalue weighted by Crippen LogP contribution is 2.37. The fourth-order valence-corrected chi connectivity index (χ4v) is 3.03. The van der Waals surface area contributed by atoms with Crippen molar-refractivity contribution < 1.29 is 4.79 Å². The second-order valence-electron chi connectivity index (χ2n) is 3.93. The molecule has 0 heterocycles. The molecule has 0 aliphatic heterocycles. The minimum Gasteiger partial charge on any atom is -0.298 e. The Morgan fingerprint density at radius 2 is 2.07 bits per heavy atom. The third-order valence-electron chi connectivity index (χ3n) is 2.93. The summed E-state index contributed by atoms with van der Waals surface area (Å²) < 4.78 is 0. The third kappa shape index (κ3) is 2.43. The Labute approximate surface area is 103 Å². The normalized spacial score (nSPS) is 26.7. The molecule has 1 saturated carbocycles. The van der Waals surface area contributed by atoms with Gasteiger partial charge in [-0.15, -0.1) is 0 Å². The van der Waals surface area contributed by atoms with Gasteiger partial charge < -0.3 is 0 Å². The van der Waals surface area contributed by atoms with Gasteiger partial charge in [0, 0.05) is 11.4 Å². The molecule has 3 heteroatoms. The number of carbonyl (C=O) groups is 1. The second-order valence-corrected chi connectivity index (χ2v) is 5.44. The summed E-state index contributed by atoms with van der Waals surface area (Å²) in [6.45, 7) is 0. The maximum Gasteiger partial charge on any atom is 0.146 e. The highest BCUT2D eigenvalue weighted by atomic mass is 79.9. The first-order valence-corrected chi connectivity index (χ1v) is 6.39. The van der Waals surface area contributed by atoms with Gasteiger partial charge in [0.2, 0.25) is 0 Å². The Hall–Kier alpha value is -0.340. The first-order valence-electron chi connectivity index (χ1n) is 5.09. The van der Waals surface area contributed by atoms with Crippen LogP contribution in [0.3, 0.4) is 0 Å². The molecule has 2 unspecified atom stereocenters. The lowest BCUT2D eigenvalue weighted by molar-refractivity contribution is -0.119. The van der Waals surface area contributed by atoms with Crippen LogP contribution in [0, 0.1) is 0 Å². The van der Waals surface area contributed by atoms with E-state index in [0.29, 0.717) is 18.1 Å². The van der Waals surface area contributed by atoms with Crippen molar-refractivity contribution in [2.45, 2.75) is 30.0 Å². The van der Waals surface area contributed by atoms with E-state index in [1.165, 1.54) is 5.56 Å². The molecule has 80 valence electrons. The summed E-state index contributed by atoms with van der Waals surface area (Å²) in [5.74, 6) is 0.735. The zero-order chi connectivity index (χ0) is 10.8. The first-order chi connectivity index (χ1) is 7.18. The van der Waals surface area contributed by atoms with E-state index >= 15 is 0 Å². The zero-order valence-corrected chi connectivity index (χ0v) is 10.6. The van der Waals surface area contributed by atoms with Gasteiger partial charge in [0.25, 0.3) is 0 Å². The van der Waals surface area contributed by atoms with Crippen LogP contribution in [-0.4, -0.2) is 10.6 Å². The average Bonchev–Trinajstić information content (AvgIpc) is 2.23. The number of alkyl halides is 1. The largest absolute Gasteiger partial charge is 0.298 e. The van der Waals surface area contributed by atoms with Crippen LogP contribution in [0.4, 0.5) is 0 Å². The van der Waals surface area contributed by atoms with E-state index in [-0.39, 0.29) is 4.83 Å². The van der Waals surface area contributed by atoms with Gasteiger partial charge in [0.15, 0.2) is 0 Å². The van der Waals surface area contributed by atoms with Gasteiger partial charge >= 0.3 is 0 Å². The lowest BCUT2D eigenvalue weighted by Crippen LogP contribution is -2.23. The quantitative estimate of drug-likeness (QED) is 0.715. The molecule has 0 saturated heterocycles. The number of ketones is 1. The van der Waals surface area contributed by atoms with Gasteiger partial charge in [0.05, 0.1) is 4.83 Å². The number of rotatable bonds is 1. The first kappa shape index (κ1) is 11.2. The van der Waals surface area contributed by atoms with Gasteiger partial charge in [-0.05, 0) is 30.4 Å². The topological polar surface area (TPSA) is 17.1 Å². The van der Waals surface area contributed by atoms with Crippen LogP contribution in [0.25, 0.3) is 0 Å². The van der Waals surface area contributed by atoms with Crippen molar-refractivity contribution in [1.82, 2.24) is 0 Å². The highest BCUT2D eigenvalue weighted by molar-refractivity contribution is 9.10. The maximum atomic E-state index is 11.4. The maximum absolute atomic E-state index is 11.4. The van der Waals surface area contributed by atoms with E-state index in [9.17, 15) is 4.79 Å². The van der Waals surface area contributed by atoms with Crippen molar-refractivity contribution in [3.63, 3.8) is 0 Å². The van der Waals surface area contributed by atoms with Crippen molar-refractivity contribution in [3.05, 3.63) is 34.9 Å². The van der Waals surface area contributed by atoms with Crippen LogP contribution in [0.2, 0.25) is 5.02 Å². The van der Waals surface area contributed by atoms with E-state index in [1.54, 1.807) is 0 Å². The van der Waals surface area contributed by atoms with E-state index in [1.807, 2.05) is 18.2 Å². The number of carbonyl (C=O) groups excluding carboxylic acids is 1. The molecule has 2 rings (SSSR count). The molecular formula is C12H12BrClO. The molecule has 0 spiro atoms. The number of halogens is 2. The van der Waals surface area contributed by atoms with Gasteiger partial charge in [-0.1, -0.05) is 45.7 Å². The van der Waals surface area contributed by atoms with E-state index in [4.69, 9.17) is 11.6 Å². The number of Topliss-reactive ketones (excluding diaryl/α,β-unsaturated/α-hetero) is 1. The van der Waals surface area contributed by atoms with Crippen LogP contribution < -0.4 is 0 Å². The van der Waals surface area contributed by atoms with E-state index < -0.39 is 0 Å². The van der Waals surface area contributed by atoms with E-state index in [2.05, 4.69) is 22.0 Å². The molecule has 0 aromatic heterocycles. The second kappa shape index (κ2) is 4.67. The Morgan fingerprint density at radius 1 is 1.33 bits per heavy atom. The summed E-state index contributed by atoms with van der Waals surface area (Å²) in [6, 6.07) is 7.91. The van der Waals surface area contributed by atoms with Crippen molar-refractivity contribution in [1.29, 1.82) is 0 Å². The predicted octanol–water partition coefficient (Wildman–Crippen LogP) is 3.94. The fraction of sp³-hybridized carbons (Fsp3) is 0.417. The van der Waals surface area contributed by atoms with Crippen molar-refractivity contribution in [2.75, 3.05) is 0 Å². The minimum absolute atomic E-state index is 0.00697. The minimum atomic E-state index is 0.00697. The smallest absolute Gasteiger partial charge is 0.146 e. The summed E-state index contributed by atoms with van der Waals surface area (Å²) in [7, 11) is 0. The lowest BCUT2D eigenvalue weighted by Gasteiger charge is -2.25. The third-order valence-corrected chi connectivity index (χ3v) is 4.15. The number of hydrogen-bond acceptors (Lipinski definition) is 1. The van der Waals surface area contributed by atoms with Crippen LogP contribution in [0.1, 0.15) is 30.7 Å². The van der Waals surface area contributed by atoms with Crippen LogP contribution in [-0.2, 0) is 4.79 Å². The monoisotopic (exact) mass is 286 g/mol. The summed E-state index contributed by atoms with van der Waals surface area (Å²) >= 11 is 9.56. The Kier molecular flexibility index (Phi) is 3.47. The van der Waals surface area contributed by atoms with Crippen LogP contribution in [0.15, 0.2) is 24.3 Å². The molecule has 0 N–H and O–H groups in total. The number of benzene rings is 1. The van der Waals surface area contributed by atoms with Crippen molar-refractivity contribution in [2.24, 2.45) is 0 Å². The average molecular weight is 288 g/mol. The lowest BCUT2D eigenvalue weighted by atomic mass is 9.83. The van der Waals surface area contributed by atoms with Crippen LogP contribution in [0.5, 0.6) is 0 Å². The molecule has 1 nitrogen and oxygen atoms in total. The van der Waals surface area contributed by atoms with Crippen LogP contribution >= 0.6 is 27.5 Å². The van der Waals surface area contributed by atoms with Crippen molar-refractivity contribution >= 4 is 33.3 Å². The number of hydrogen-bond donors (Lipinski definition) is 0. The Morgan fingerprint density at radius 3 is 2.73 bits per heavy atom. The SMILES string of the molecule is O=C1CCC(c2ccccc2Cl)CC1Br. The molecule has 0 bridgehead atoms. The summed E-state index contributed by atoms with van der Waals surface area (Å²) in [5.41, 5.74) is 1.18. The molecule has 1 fully saturated rings. The standard InChI is InChI=1S/C12H12BrClO/c13-10-7-8(5-6-12(10)15)9-3-1-2-4-11(9)14/h1-4,8,10H,5-7H2. The molecule has 1 aromatic rings. The molecule has 1 aliphatic rings. The Bertz CT molecular complexity index is 378. The zero-order valence-electron chi connectivity index (χ0n) is 8.25. The molecule has 1 aromatic carbocycles. The summed E-state index contributed by atoms with van der Waals surface area (Å²) in [6.07, 6.45) is 2.44. The summed E-state index contributed by atoms with van der Waals surface area (Å²) in [4.78, 5) is 11.4. The highest BCUT2D eigenvalue weighted by Gasteiger charge is 2.28. The molecule has 0 amide bonds. The van der Waals surface area contributed by atoms with Crippen molar-refractivity contribution in [3.8, 4) is 0 Å². The molecule has 1 aliphatic carbocycles. The predicted molar refractivity (Wildman–Crippen MR) is 65.8 cm³/mol. The Balaban J connectivity index is 2.19. The van der Waals surface area contributed by atoms with E-state index in [0.717, 1.165) is 17.9 Å². The summed E-state index contributed by atoms with van der Waals surface area (Å²) in [5, 5.41) is 0.816. The fourth-order valence-electron chi connectivity index (χ4n) is 2.06. The molecule has 15 heavy (non-hydrogen) atoms. The van der Waals surface area contributed by atoms with Gasteiger partial charge in [-0.3, -0.25) is 4.79 Å². The molecule has 0 radical (unpaired) electrons. The van der Waals surface area contributed by atoms with Gasteiger partial charge in [-0.2, -0.15) is 0 Å². The van der Waals surface area contributed by atoms with Gasteiger partial charge in [0.1, 0.15) is 5.78 Å². The molecule has 2 atom stereocenters. The molecular weight excluding hydrogens is 275 g/mol. The van der Waals surface area contributed by atoms with Gasteiger partial charge in [-0.25, -0.2) is 0 Å².